The Hall–Kier alpha value is -2.68. The molecule has 0 fully saturated rings. The molecule has 0 saturated carbocycles. The van der Waals surface area contributed by atoms with Crippen LogP contribution in [0.1, 0.15) is 5.82 Å². The van der Waals surface area contributed by atoms with Crippen molar-refractivity contribution < 1.29 is 0 Å². The maximum absolute atomic E-state index is 12.2. The Morgan fingerprint density at radius 3 is 2.83 bits per heavy atom. The average molecular weight is 241 g/mol. The van der Waals surface area contributed by atoms with Crippen molar-refractivity contribution in [3.63, 3.8) is 0 Å². The van der Waals surface area contributed by atoms with Crippen molar-refractivity contribution in [2.45, 2.75) is 0 Å². The van der Waals surface area contributed by atoms with Crippen LogP contribution in [-0.2, 0) is 0 Å². The van der Waals surface area contributed by atoms with Crippen molar-refractivity contribution in [1.29, 1.82) is 5.26 Å². The molecule has 0 bridgehead atoms. The molecule has 0 unspecified atom stereocenters. The van der Waals surface area contributed by atoms with E-state index in [2.05, 4.69) is 10.1 Å². The van der Waals surface area contributed by atoms with Crippen LogP contribution in [0.2, 0.25) is 0 Å². The van der Waals surface area contributed by atoms with Gasteiger partial charge in [-0.3, -0.25) is 4.79 Å². The zero-order valence-electron chi connectivity index (χ0n) is 10.0. The number of hydrogen-bond donors (Lipinski definition) is 0. The van der Waals surface area contributed by atoms with Crippen LogP contribution in [0.3, 0.4) is 0 Å². The minimum absolute atomic E-state index is 0.0307. The fourth-order valence-corrected chi connectivity index (χ4v) is 1.46. The lowest BCUT2D eigenvalue weighted by Crippen LogP contribution is -2.22. The molecule has 1 aromatic heterocycles. The molecule has 0 aliphatic rings. The van der Waals surface area contributed by atoms with Gasteiger partial charge in [-0.1, -0.05) is 12.1 Å². The number of benzene rings is 1. The maximum Gasteiger partial charge on any atom is 0.282 e. The first-order chi connectivity index (χ1) is 8.63. The lowest BCUT2D eigenvalue weighted by atomic mass is 10.2. The number of para-hydroxylation sites is 1. The second-order valence-electron chi connectivity index (χ2n) is 3.88. The summed E-state index contributed by atoms with van der Waals surface area (Å²) in [5.41, 5.74) is 0.144. The third kappa shape index (κ3) is 2.06. The monoisotopic (exact) mass is 241 g/mol. The van der Waals surface area contributed by atoms with E-state index in [0.717, 1.165) is 4.68 Å². The molecule has 2 rings (SSSR count). The third-order valence-corrected chi connectivity index (χ3v) is 2.25. The molecule has 90 valence electrons. The third-order valence-electron chi connectivity index (χ3n) is 2.25. The number of nitrogens with zero attached hydrogens (tertiary/aromatic N) is 5. The van der Waals surface area contributed by atoms with Gasteiger partial charge in [0.05, 0.1) is 10.9 Å². The number of fused-ring (bicyclic) bond motifs is 1. The molecule has 0 aliphatic heterocycles. The summed E-state index contributed by atoms with van der Waals surface area (Å²) in [6.45, 7) is 0. The summed E-state index contributed by atoms with van der Waals surface area (Å²) in [7, 11) is 3.55. The zero-order valence-corrected chi connectivity index (χ0v) is 10.0. The Labute approximate surface area is 103 Å². The zero-order chi connectivity index (χ0) is 13.1. The standard InChI is InChI=1S/C12H11N5O/c1-16(2)8-14-17-11(7-13)15-10-6-4-3-5-9(10)12(17)18/h3-6,8H,1-2H3/b14-8+. The van der Waals surface area contributed by atoms with Gasteiger partial charge in [-0.2, -0.15) is 15.0 Å². The molecule has 0 atom stereocenters. The largest absolute Gasteiger partial charge is 0.367 e. The molecule has 2 aromatic rings. The summed E-state index contributed by atoms with van der Waals surface area (Å²) in [5.74, 6) is -0.0307. The minimum Gasteiger partial charge on any atom is -0.367 e. The van der Waals surface area contributed by atoms with Gasteiger partial charge in [-0.25, -0.2) is 4.98 Å². The van der Waals surface area contributed by atoms with E-state index in [1.54, 1.807) is 43.3 Å². The van der Waals surface area contributed by atoms with Crippen molar-refractivity contribution in [2.24, 2.45) is 5.10 Å². The molecule has 6 heteroatoms. The Morgan fingerprint density at radius 2 is 2.17 bits per heavy atom. The molecule has 1 aromatic carbocycles. The maximum atomic E-state index is 12.2. The van der Waals surface area contributed by atoms with E-state index in [9.17, 15) is 4.79 Å². The van der Waals surface area contributed by atoms with Crippen LogP contribution in [0.15, 0.2) is 34.2 Å². The molecule has 0 spiro atoms. The van der Waals surface area contributed by atoms with Gasteiger partial charge in [0.1, 0.15) is 12.4 Å². The summed E-state index contributed by atoms with van der Waals surface area (Å²) >= 11 is 0. The van der Waals surface area contributed by atoms with Crippen molar-refractivity contribution >= 4 is 17.2 Å². The van der Waals surface area contributed by atoms with E-state index in [-0.39, 0.29) is 11.4 Å². The normalized spacial score (nSPS) is 10.7. The molecule has 0 amide bonds. The number of nitriles is 1. The van der Waals surface area contributed by atoms with Crippen LogP contribution < -0.4 is 5.56 Å². The second kappa shape index (κ2) is 4.67. The predicted molar refractivity (Wildman–Crippen MR) is 68.3 cm³/mol. The summed E-state index contributed by atoms with van der Waals surface area (Å²) in [5, 5.41) is 13.4. The Morgan fingerprint density at radius 1 is 1.44 bits per heavy atom. The van der Waals surface area contributed by atoms with Crippen molar-refractivity contribution in [2.75, 3.05) is 14.1 Å². The molecular weight excluding hydrogens is 230 g/mol. The lowest BCUT2D eigenvalue weighted by Gasteiger charge is -2.05. The molecule has 0 radical (unpaired) electrons. The van der Waals surface area contributed by atoms with Crippen LogP contribution in [0.5, 0.6) is 0 Å². The van der Waals surface area contributed by atoms with Gasteiger partial charge >= 0.3 is 0 Å². The molecule has 1 heterocycles. The highest BCUT2D eigenvalue weighted by Crippen LogP contribution is 2.07. The molecule has 0 saturated heterocycles. The molecule has 18 heavy (non-hydrogen) atoms. The highest BCUT2D eigenvalue weighted by Gasteiger charge is 2.08. The molecular formula is C12H11N5O. The van der Waals surface area contributed by atoms with E-state index in [1.807, 2.05) is 6.07 Å². The summed E-state index contributed by atoms with van der Waals surface area (Å²) in [6, 6.07) is 8.74. The van der Waals surface area contributed by atoms with Gasteiger partial charge in [-0.15, -0.1) is 0 Å². The average Bonchev–Trinajstić information content (AvgIpc) is 2.37. The lowest BCUT2D eigenvalue weighted by molar-refractivity contribution is 0.628. The van der Waals surface area contributed by atoms with E-state index in [4.69, 9.17) is 5.26 Å². The first-order valence-corrected chi connectivity index (χ1v) is 5.26. The Bertz CT molecular complexity index is 708. The summed E-state index contributed by atoms with van der Waals surface area (Å²) in [4.78, 5) is 17.9. The fourth-order valence-electron chi connectivity index (χ4n) is 1.46. The van der Waals surface area contributed by atoms with Gasteiger partial charge in [0, 0.05) is 14.1 Å². The predicted octanol–water partition coefficient (Wildman–Crippen LogP) is 0.621. The Kier molecular flexibility index (Phi) is 3.06. The fraction of sp³-hybridized carbons (Fsp3) is 0.167. The minimum atomic E-state index is -0.352. The van der Waals surface area contributed by atoms with Crippen LogP contribution >= 0.6 is 0 Å². The highest BCUT2D eigenvalue weighted by molar-refractivity contribution is 5.77. The smallest absolute Gasteiger partial charge is 0.282 e. The number of rotatable bonds is 2. The van der Waals surface area contributed by atoms with Gasteiger partial charge in [0.15, 0.2) is 0 Å². The second-order valence-corrected chi connectivity index (χ2v) is 3.88. The van der Waals surface area contributed by atoms with Gasteiger partial charge in [0.2, 0.25) is 5.82 Å². The topological polar surface area (TPSA) is 74.3 Å². The highest BCUT2D eigenvalue weighted by atomic mass is 16.1. The van der Waals surface area contributed by atoms with E-state index < -0.39 is 0 Å². The van der Waals surface area contributed by atoms with Gasteiger partial charge in [-0.05, 0) is 12.1 Å². The van der Waals surface area contributed by atoms with Crippen LogP contribution in [0.4, 0.5) is 0 Å². The van der Waals surface area contributed by atoms with Crippen molar-refractivity contribution in [3.05, 3.63) is 40.4 Å². The first-order valence-electron chi connectivity index (χ1n) is 5.26. The molecule has 6 nitrogen and oxygen atoms in total. The van der Waals surface area contributed by atoms with E-state index >= 15 is 0 Å². The van der Waals surface area contributed by atoms with Crippen LogP contribution in [0.25, 0.3) is 10.9 Å². The molecule has 0 aliphatic carbocycles. The Balaban J connectivity index is 2.76. The number of aromatic nitrogens is 2. The van der Waals surface area contributed by atoms with Crippen LogP contribution in [0, 0.1) is 11.3 Å². The SMILES string of the molecule is CN(C)/C=N/n1c(C#N)nc2ccccc2c1=O. The van der Waals surface area contributed by atoms with E-state index in [0.29, 0.717) is 10.9 Å². The van der Waals surface area contributed by atoms with Crippen LogP contribution in [-0.4, -0.2) is 35.0 Å². The van der Waals surface area contributed by atoms with Crippen molar-refractivity contribution in [3.8, 4) is 6.07 Å². The quantitative estimate of drug-likeness (QED) is 0.570. The van der Waals surface area contributed by atoms with Crippen molar-refractivity contribution in [1.82, 2.24) is 14.6 Å². The summed E-state index contributed by atoms with van der Waals surface area (Å²) < 4.78 is 1.00. The van der Waals surface area contributed by atoms with Gasteiger partial charge in [0.25, 0.3) is 5.56 Å². The van der Waals surface area contributed by atoms with E-state index in [1.165, 1.54) is 6.34 Å². The summed E-state index contributed by atoms with van der Waals surface area (Å²) in [6.07, 6.45) is 1.44. The van der Waals surface area contributed by atoms with Gasteiger partial charge < -0.3 is 4.90 Å². The number of hydrogen-bond acceptors (Lipinski definition) is 4. The molecule has 0 N–H and O–H groups in total. The first kappa shape index (κ1) is 11.8.